The lowest BCUT2D eigenvalue weighted by atomic mass is 9.74. The first-order valence-electron chi connectivity index (χ1n) is 14.7. The maximum absolute atomic E-state index is 14.4. The van der Waals surface area contributed by atoms with Gasteiger partial charge in [-0.3, -0.25) is 19.3 Å². The van der Waals surface area contributed by atoms with Crippen LogP contribution in [-0.4, -0.2) is 123 Å². The maximum atomic E-state index is 14.4. The number of amides is 3. The number of nitrogens with zero attached hydrogens (tertiary/aromatic N) is 4. The molecule has 0 saturated carbocycles. The van der Waals surface area contributed by atoms with E-state index in [0.717, 1.165) is 25.2 Å². The standard InChI is InChI=1S/C31H40N4O5S/c1-22(21-36)35-26-29(39)33(15-14-32-16-18-40-19-17-32)12-7-11-31(26)25(28(35)38)24-27(37)34(13-6-10-30(24,2)41-31)20-23-8-4-3-5-9-23/h3-11,22,24-26,36H,12-21H2,1-2H3/t22-,24+,25+,26?,30-,31+/m1/s1. The molecule has 3 fully saturated rings. The minimum absolute atomic E-state index is 0.0596. The van der Waals surface area contributed by atoms with Crippen LogP contribution in [0.5, 0.6) is 0 Å². The highest BCUT2D eigenvalue weighted by Crippen LogP contribution is 2.65. The van der Waals surface area contributed by atoms with E-state index in [9.17, 15) is 19.5 Å². The molecule has 1 N–H and O–H groups in total. The Morgan fingerprint density at radius 2 is 1.66 bits per heavy atom. The van der Waals surface area contributed by atoms with Crippen LogP contribution in [0.4, 0.5) is 0 Å². The van der Waals surface area contributed by atoms with Crippen molar-refractivity contribution in [1.29, 1.82) is 0 Å². The van der Waals surface area contributed by atoms with E-state index < -0.39 is 33.4 Å². The Hall–Kier alpha value is -2.66. The SMILES string of the molecule is C[C@H](CO)N1C(=O)[C@@H]2[C@H]3C(=O)N(Cc4ccccc4)CC=C[C@@]3(C)S[C@@]23C=CCN(CCN2CCOCC2)C(=O)C13. The third kappa shape index (κ3) is 4.82. The third-order valence-corrected chi connectivity index (χ3v) is 11.2. The van der Waals surface area contributed by atoms with Crippen molar-refractivity contribution in [3.63, 3.8) is 0 Å². The molecule has 1 spiro atoms. The van der Waals surface area contributed by atoms with Gasteiger partial charge in [0.25, 0.3) is 0 Å². The van der Waals surface area contributed by atoms with Gasteiger partial charge in [-0.2, -0.15) is 0 Å². The monoisotopic (exact) mass is 580 g/mol. The molecule has 5 heterocycles. The van der Waals surface area contributed by atoms with Gasteiger partial charge in [0, 0.05) is 50.6 Å². The summed E-state index contributed by atoms with van der Waals surface area (Å²) in [7, 11) is 0. The number of morpholine rings is 1. The van der Waals surface area contributed by atoms with E-state index >= 15 is 0 Å². The molecule has 1 aromatic rings. The molecular formula is C31H40N4O5S. The summed E-state index contributed by atoms with van der Waals surface area (Å²) in [5, 5.41) is 10.2. The average Bonchev–Trinajstić information content (AvgIpc) is 3.27. The highest BCUT2D eigenvalue weighted by molar-refractivity contribution is 8.02. The van der Waals surface area contributed by atoms with Gasteiger partial charge in [-0.05, 0) is 19.4 Å². The van der Waals surface area contributed by atoms with Gasteiger partial charge in [-0.25, -0.2) is 0 Å². The van der Waals surface area contributed by atoms with Crippen LogP contribution < -0.4 is 0 Å². The lowest BCUT2D eigenvalue weighted by molar-refractivity contribution is -0.147. The fourth-order valence-electron chi connectivity index (χ4n) is 7.35. The molecule has 0 radical (unpaired) electrons. The summed E-state index contributed by atoms with van der Waals surface area (Å²) < 4.78 is 3.92. The largest absolute Gasteiger partial charge is 0.394 e. The van der Waals surface area contributed by atoms with Crippen molar-refractivity contribution in [3.05, 3.63) is 60.2 Å². The minimum Gasteiger partial charge on any atom is -0.394 e. The van der Waals surface area contributed by atoms with Crippen molar-refractivity contribution in [2.75, 3.05) is 59.1 Å². The molecule has 3 saturated heterocycles. The summed E-state index contributed by atoms with van der Waals surface area (Å²) in [6, 6.07) is 8.56. The van der Waals surface area contributed by atoms with E-state index in [1.807, 2.05) is 65.3 Å². The van der Waals surface area contributed by atoms with Crippen LogP contribution in [0.3, 0.4) is 0 Å². The molecule has 0 aromatic heterocycles. The fraction of sp³-hybridized carbons (Fsp3) is 0.581. The van der Waals surface area contributed by atoms with Gasteiger partial charge in [0.05, 0.1) is 42.4 Å². The zero-order valence-corrected chi connectivity index (χ0v) is 24.7. The zero-order valence-electron chi connectivity index (χ0n) is 23.9. The normalized spacial score (nSPS) is 34.4. The van der Waals surface area contributed by atoms with Crippen LogP contribution in [0.1, 0.15) is 19.4 Å². The predicted molar refractivity (Wildman–Crippen MR) is 157 cm³/mol. The van der Waals surface area contributed by atoms with Gasteiger partial charge in [0.1, 0.15) is 6.04 Å². The number of likely N-dealkylation sites (tertiary alicyclic amines) is 1. The lowest BCUT2D eigenvalue weighted by Crippen LogP contribution is -2.57. The molecule has 6 atom stereocenters. The number of thioether (sulfide) groups is 1. The lowest BCUT2D eigenvalue weighted by Gasteiger charge is -2.39. The average molecular weight is 581 g/mol. The van der Waals surface area contributed by atoms with E-state index in [1.165, 1.54) is 0 Å². The molecule has 41 heavy (non-hydrogen) atoms. The summed E-state index contributed by atoms with van der Waals surface area (Å²) in [4.78, 5) is 50.8. The van der Waals surface area contributed by atoms with Crippen molar-refractivity contribution in [3.8, 4) is 0 Å². The molecule has 5 aliphatic heterocycles. The topological polar surface area (TPSA) is 93.6 Å². The highest BCUT2D eigenvalue weighted by atomic mass is 32.2. The Morgan fingerprint density at radius 1 is 0.951 bits per heavy atom. The molecule has 6 rings (SSSR count). The smallest absolute Gasteiger partial charge is 0.247 e. The van der Waals surface area contributed by atoms with Gasteiger partial charge in [-0.1, -0.05) is 54.6 Å². The minimum atomic E-state index is -0.902. The van der Waals surface area contributed by atoms with E-state index in [1.54, 1.807) is 23.6 Å². The summed E-state index contributed by atoms with van der Waals surface area (Å²) >= 11 is 1.59. The number of rotatable bonds is 7. The molecule has 0 aliphatic carbocycles. The van der Waals surface area contributed by atoms with E-state index in [2.05, 4.69) is 11.0 Å². The van der Waals surface area contributed by atoms with Crippen molar-refractivity contribution in [2.24, 2.45) is 11.8 Å². The van der Waals surface area contributed by atoms with Gasteiger partial charge in [-0.15, -0.1) is 11.8 Å². The van der Waals surface area contributed by atoms with E-state index in [-0.39, 0.29) is 24.3 Å². The zero-order chi connectivity index (χ0) is 28.8. The van der Waals surface area contributed by atoms with E-state index in [0.29, 0.717) is 39.4 Å². The Kier molecular flexibility index (Phi) is 7.78. The van der Waals surface area contributed by atoms with Crippen molar-refractivity contribution < 1.29 is 24.2 Å². The second kappa shape index (κ2) is 11.2. The van der Waals surface area contributed by atoms with Crippen molar-refractivity contribution >= 4 is 29.5 Å². The van der Waals surface area contributed by atoms with Gasteiger partial charge in [0.2, 0.25) is 17.7 Å². The second-order valence-electron chi connectivity index (χ2n) is 12.0. The molecule has 0 bridgehead atoms. The molecule has 9 nitrogen and oxygen atoms in total. The Bertz CT molecular complexity index is 1240. The number of carbonyl (C=O) groups excluding carboxylic acids is 3. The van der Waals surface area contributed by atoms with Crippen molar-refractivity contribution in [2.45, 2.75) is 42.0 Å². The summed E-state index contributed by atoms with van der Waals surface area (Å²) in [6.07, 6.45) is 8.18. The van der Waals surface area contributed by atoms with Crippen LogP contribution in [0.2, 0.25) is 0 Å². The fourth-order valence-corrected chi connectivity index (χ4v) is 9.50. The molecular weight excluding hydrogens is 540 g/mol. The molecule has 1 aromatic carbocycles. The Labute approximate surface area is 246 Å². The molecule has 10 heteroatoms. The number of ether oxygens (including phenoxy) is 1. The number of aliphatic hydroxyl groups is 1. The van der Waals surface area contributed by atoms with Gasteiger partial charge < -0.3 is 24.5 Å². The quantitative estimate of drug-likeness (QED) is 0.488. The van der Waals surface area contributed by atoms with E-state index in [4.69, 9.17) is 4.74 Å². The molecule has 5 aliphatic rings. The number of hydrogen-bond acceptors (Lipinski definition) is 7. The number of aliphatic hydroxyl groups excluding tert-OH is 1. The summed E-state index contributed by atoms with van der Waals surface area (Å²) in [5.41, 5.74) is 1.03. The van der Waals surface area contributed by atoms with Crippen LogP contribution in [0, 0.1) is 11.8 Å². The van der Waals surface area contributed by atoms with Crippen LogP contribution in [0.25, 0.3) is 0 Å². The number of fused-ring (bicyclic) bond motifs is 2. The first-order valence-corrected chi connectivity index (χ1v) is 15.5. The summed E-state index contributed by atoms with van der Waals surface area (Å²) in [5.74, 6) is -1.71. The molecule has 220 valence electrons. The Balaban J connectivity index is 1.35. The number of benzene rings is 1. The molecule has 3 amide bonds. The number of hydrogen-bond donors (Lipinski definition) is 1. The first-order chi connectivity index (χ1) is 19.8. The third-order valence-electron chi connectivity index (χ3n) is 9.41. The maximum Gasteiger partial charge on any atom is 0.247 e. The van der Waals surface area contributed by atoms with Gasteiger partial charge in [0.15, 0.2) is 0 Å². The predicted octanol–water partition coefficient (Wildman–Crippen LogP) is 1.38. The number of carbonyl (C=O) groups is 3. The van der Waals surface area contributed by atoms with Crippen LogP contribution in [0.15, 0.2) is 54.6 Å². The second-order valence-corrected chi connectivity index (χ2v) is 13.8. The van der Waals surface area contributed by atoms with Crippen molar-refractivity contribution in [1.82, 2.24) is 19.6 Å². The van der Waals surface area contributed by atoms with Gasteiger partial charge >= 0.3 is 0 Å². The first kappa shape index (κ1) is 28.5. The molecule has 1 unspecified atom stereocenters. The summed E-state index contributed by atoms with van der Waals surface area (Å²) in [6.45, 7) is 9.29. The highest BCUT2D eigenvalue weighted by Gasteiger charge is 2.74. The van der Waals surface area contributed by atoms with Crippen LogP contribution in [-0.2, 0) is 25.7 Å². The Morgan fingerprint density at radius 3 is 2.39 bits per heavy atom. The van der Waals surface area contributed by atoms with Crippen LogP contribution >= 0.6 is 11.8 Å².